The third-order valence-electron chi connectivity index (χ3n) is 5.57. The highest BCUT2D eigenvalue weighted by Crippen LogP contribution is 2.30. The van der Waals surface area contributed by atoms with Crippen LogP contribution in [0.2, 0.25) is 5.02 Å². The Balaban J connectivity index is 1.30. The fraction of sp³-hybridized carbons (Fsp3) is 0.227. The van der Waals surface area contributed by atoms with Crippen molar-refractivity contribution in [1.82, 2.24) is 23.8 Å². The van der Waals surface area contributed by atoms with Crippen LogP contribution in [0.5, 0.6) is 0 Å². The largest absolute Gasteiger partial charge is 0.295 e. The lowest BCUT2D eigenvalue weighted by atomic mass is 10.2. The quantitative estimate of drug-likeness (QED) is 0.402. The number of sulfonamides is 1. The van der Waals surface area contributed by atoms with Crippen molar-refractivity contribution in [2.45, 2.75) is 11.4 Å². The summed E-state index contributed by atoms with van der Waals surface area (Å²) in [6, 6.07) is 13.6. The van der Waals surface area contributed by atoms with Gasteiger partial charge in [-0.05, 0) is 30.3 Å². The summed E-state index contributed by atoms with van der Waals surface area (Å²) in [5.41, 5.74) is 1.04. The minimum Gasteiger partial charge on any atom is -0.295 e. The molecule has 5 rings (SSSR count). The number of piperazine rings is 1. The van der Waals surface area contributed by atoms with Crippen molar-refractivity contribution in [2.24, 2.45) is 0 Å². The Bertz CT molecular complexity index is 1510. The van der Waals surface area contributed by atoms with Crippen molar-refractivity contribution in [1.29, 1.82) is 0 Å². The van der Waals surface area contributed by atoms with Crippen LogP contribution >= 0.6 is 22.9 Å². The highest BCUT2D eigenvalue weighted by Gasteiger charge is 2.28. The van der Waals surface area contributed by atoms with Gasteiger partial charge in [0.25, 0.3) is 5.56 Å². The molecule has 0 atom stereocenters. The van der Waals surface area contributed by atoms with E-state index in [1.54, 1.807) is 6.07 Å². The van der Waals surface area contributed by atoms with Crippen LogP contribution in [0.1, 0.15) is 5.69 Å². The monoisotopic (exact) mass is 519 g/mol. The number of fused-ring (bicyclic) bond motifs is 1. The van der Waals surface area contributed by atoms with E-state index in [4.69, 9.17) is 11.6 Å². The zero-order valence-electron chi connectivity index (χ0n) is 17.8. The maximum Gasteiger partial charge on any atom is 0.275 e. The van der Waals surface area contributed by atoms with Crippen molar-refractivity contribution in [2.75, 3.05) is 26.2 Å². The summed E-state index contributed by atoms with van der Waals surface area (Å²) in [6.07, 6.45) is 0. The van der Waals surface area contributed by atoms with Crippen molar-refractivity contribution in [3.63, 3.8) is 0 Å². The highest BCUT2D eigenvalue weighted by atomic mass is 35.5. The van der Waals surface area contributed by atoms with Gasteiger partial charge in [0.15, 0.2) is 0 Å². The molecule has 2 aromatic carbocycles. The van der Waals surface area contributed by atoms with Crippen molar-refractivity contribution in [3.05, 3.63) is 81.5 Å². The Kier molecular flexibility index (Phi) is 6.21. The maximum atomic E-state index is 13.2. The van der Waals surface area contributed by atoms with Gasteiger partial charge in [-0.1, -0.05) is 41.1 Å². The molecule has 0 saturated carbocycles. The zero-order chi connectivity index (χ0) is 23.9. The summed E-state index contributed by atoms with van der Waals surface area (Å²) in [5, 5.41) is 5.52. The number of rotatable bonds is 5. The lowest BCUT2D eigenvalue weighted by Crippen LogP contribution is -2.48. The fourth-order valence-electron chi connectivity index (χ4n) is 3.79. The number of hydrogen-bond donors (Lipinski definition) is 0. The number of benzene rings is 2. The minimum absolute atomic E-state index is 0.0713. The van der Waals surface area contributed by atoms with Gasteiger partial charge in [0.1, 0.15) is 10.8 Å². The molecule has 4 aromatic rings. The molecule has 3 heterocycles. The number of aromatic nitrogens is 3. The van der Waals surface area contributed by atoms with E-state index in [2.05, 4.69) is 10.1 Å². The molecule has 2 aromatic heterocycles. The molecule has 0 spiro atoms. The predicted octanol–water partition coefficient (Wildman–Crippen LogP) is 3.12. The Morgan fingerprint density at radius 3 is 2.44 bits per heavy atom. The smallest absolute Gasteiger partial charge is 0.275 e. The highest BCUT2D eigenvalue weighted by molar-refractivity contribution is 7.89. The van der Waals surface area contributed by atoms with Gasteiger partial charge < -0.3 is 0 Å². The van der Waals surface area contributed by atoms with Gasteiger partial charge in [-0.15, -0.1) is 0 Å². The normalized spacial score (nSPS) is 15.7. The average Bonchev–Trinajstić information content (AvgIpc) is 3.24. The maximum absolute atomic E-state index is 13.2. The molecule has 1 fully saturated rings. The molecule has 0 aliphatic carbocycles. The Hall–Kier alpha value is -2.70. The molecule has 0 bridgehead atoms. The SMILES string of the molecule is O=c1cc(CN2CCN(S(=O)(=O)c3ccc(F)cc3)CC2)nc2sc(-c3ccccc3Cl)nn12. The van der Waals surface area contributed by atoms with Gasteiger partial charge in [-0.25, -0.2) is 17.8 Å². The molecule has 0 N–H and O–H groups in total. The van der Waals surface area contributed by atoms with Crippen molar-refractivity contribution >= 4 is 37.9 Å². The average molecular weight is 520 g/mol. The van der Waals surface area contributed by atoms with Gasteiger partial charge in [0.2, 0.25) is 15.0 Å². The molecular weight excluding hydrogens is 501 g/mol. The molecule has 0 amide bonds. The van der Waals surface area contributed by atoms with Crippen molar-refractivity contribution in [3.8, 4) is 10.6 Å². The van der Waals surface area contributed by atoms with E-state index < -0.39 is 15.8 Å². The van der Waals surface area contributed by atoms with Gasteiger partial charge in [0, 0.05) is 44.4 Å². The van der Waals surface area contributed by atoms with Gasteiger partial charge in [0.05, 0.1) is 15.6 Å². The lowest BCUT2D eigenvalue weighted by Gasteiger charge is -2.33. The fourth-order valence-corrected chi connectivity index (χ4v) is 6.46. The molecule has 34 heavy (non-hydrogen) atoms. The summed E-state index contributed by atoms with van der Waals surface area (Å²) < 4.78 is 41.4. The summed E-state index contributed by atoms with van der Waals surface area (Å²) in [7, 11) is -3.68. The van der Waals surface area contributed by atoms with Crippen LogP contribution in [0, 0.1) is 5.82 Å². The van der Waals surface area contributed by atoms with Gasteiger partial charge in [-0.3, -0.25) is 9.69 Å². The summed E-state index contributed by atoms with van der Waals surface area (Å²) in [4.78, 5) is 19.8. The second kappa shape index (κ2) is 9.16. The Labute approximate surface area is 203 Å². The second-order valence-electron chi connectivity index (χ2n) is 7.80. The molecule has 1 saturated heterocycles. The van der Waals surface area contributed by atoms with Crippen LogP contribution in [0.25, 0.3) is 15.5 Å². The summed E-state index contributed by atoms with van der Waals surface area (Å²) in [5.74, 6) is -0.482. The first-order chi connectivity index (χ1) is 16.3. The first kappa shape index (κ1) is 23.1. The van der Waals surface area contributed by atoms with E-state index in [-0.39, 0.29) is 23.5 Å². The number of nitrogens with zero attached hydrogens (tertiary/aromatic N) is 5. The lowest BCUT2D eigenvalue weighted by molar-refractivity contribution is 0.180. The summed E-state index contributed by atoms with van der Waals surface area (Å²) >= 11 is 7.55. The number of halogens is 2. The van der Waals surface area contributed by atoms with E-state index in [1.807, 2.05) is 23.1 Å². The minimum atomic E-state index is -3.68. The standard InChI is InChI=1S/C22H19ClFN5O3S2/c23-19-4-2-1-3-18(19)21-26-29-20(30)13-16(25-22(29)33-21)14-27-9-11-28(12-10-27)34(31,32)17-7-5-15(24)6-8-17/h1-8,13H,9-12,14H2. The third-order valence-corrected chi connectivity index (χ3v) is 8.75. The van der Waals surface area contributed by atoms with E-state index >= 15 is 0 Å². The van der Waals surface area contributed by atoms with E-state index in [0.29, 0.717) is 40.3 Å². The van der Waals surface area contributed by atoms with E-state index in [9.17, 15) is 17.6 Å². The van der Waals surface area contributed by atoms with Gasteiger partial charge >= 0.3 is 0 Å². The molecule has 0 radical (unpaired) electrons. The van der Waals surface area contributed by atoms with Crippen LogP contribution in [0.3, 0.4) is 0 Å². The first-order valence-corrected chi connectivity index (χ1v) is 13.1. The number of hydrogen-bond acceptors (Lipinski definition) is 7. The Morgan fingerprint density at radius 2 is 1.74 bits per heavy atom. The molecule has 1 aliphatic rings. The van der Waals surface area contributed by atoms with Crippen LogP contribution in [-0.2, 0) is 16.6 Å². The Morgan fingerprint density at radius 1 is 1.03 bits per heavy atom. The molecule has 1 aliphatic heterocycles. The second-order valence-corrected chi connectivity index (χ2v) is 11.1. The molecule has 8 nitrogen and oxygen atoms in total. The summed E-state index contributed by atoms with van der Waals surface area (Å²) in [6.45, 7) is 1.95. The van der Waals surface area contributed by atoms with Crippen molar-refractivity contribution < 1.29 is 12.8 Å². The molecule has 12 heteroatoms. The first-order valence-electron chi connectivity index (χ1n) is 10.4. The van der Waals surface area contributed by atoms with Crippen LogP contribution in [0.15, 0.2) is 64.3 Å². The zero-order valence-corrected chi connectivity index (χ0v) is 20.2. The predicted molar refractivity (Wildman–Crippen MR) is 128 cm³/mol. The van der Waals surface area contributed by atoms with E-state index in [1.165, 1.54) is 38.4 Å². The van der Waals surface area contributed by atoms with Crippen LogP contribution in [0.4, 0.5) is 4.39 Å². The van der Waals surface area contributed by atoms with Crippen LogP contribution in [-0.4, -0.2) is 58.4 Å². The van der Waals surface area contributed by atoms with Gasteiger partial charge in [-0.2, -0.15) is 13.9 Å². The topological polar surface area (TPSA) is 87.9 Å². The van der Waals surface area contributed by atoms with Crippen LogP contribution < -0.4 is 5.56 Å². The van der Waals surface area contributed by atoms with E-state index in [0.717, 1.165) is 17.7 Å². The molecule has 0 unspecified atom stereocenters. The molecule has 176 valence electrons. The molecular formula is C22H19ClFN5O3S2. The third kappa shape index (κ3) is 4.49.